The molecular formula is C20H26BClO2. The lowest BCUT2D eigenvalue weighted by Crippen LogP contribution is -2.74. The average molecular weight is 345 g/mol. The van der Waals surface area contributed by atoms with Crippen LogP contribution in [-0.2, 0) is 14.7 Å². The lowest BCUT2D eigenvalue weighted by molar-refractivity contribution is -0.135. The fourth-order valence-electron chi connectivity index (χ4n) is 5.76. The van der Waals surface area contributed by atoms with Crippen LogP contribution in [0.2, 0.25) is 10.3 Å². The minimum atomic E-state index is -0.228. The predicted octanol–water partition coefficient (Wildman–Crippen LogP) is 5.24. The standard InChI is InChI=1S/C20H26BClO2/c1-17(2)18(3,4)24-21(23-17)20-11-19(12-20,16(20)13-5-6-13)14-7-9-15(22)10-8-14/h7-10,13,16H,5-6,11-12H2,1-4H3/t16-,19?,20?/m0/s1. The number of rotatable bonds is 3. The van der Waals surface area contributed by atoms with Gasteiger partial charge in [0, 0.05) is 10.3 Å². The van der Waals surface area contributed by atoms with Gasteiger partial charge in [-0.25, -0.2) is 0 Å². The zero-order valence-corrected chi connectivity index (χ0v) is 15.8. The van der Waals surface area contributed by atoms with Crippen molar-refractivity contribution in [1.82, 2.24) is 0 Å². The first-order chi connectivity index (χ1) is 11.2. The van der Waals surface area contributed by atoms with E-state index in [4.69, 9.17) is 20.9 Å². The zero-order valence-electron chi connectivity index (χ0n) is 15.1. The Labute approximate surface area is 150 Å². The molecule has 0 N–H and O–H groups in total. The zero-order chi connectivity index (χ0) is 17.0. The van der Waals surface area contributed by atoms with Gasteiger partial charge < -0.3 is 9.31 Å². The van der Waals surface area contributed by atoms with Crippen molar-refractivity contribution in [3.05, 3.63) is 34.9 Å². The van der Waals surface area contributed by atoms with Crippen LogP contribution in [0.3, 0.4) is 0 Å². The molecule has 4 heteroatoms. The highest BCUT2D eigenvalue weighted by molar-refractivity contribution is 6.51. The van der Waals surface area contributed by atoms with Crippen molar-refractivity contribution in [2.45, 2.75) is 75.3 Å². The van der Waals surface area contributed by atoms with Gasteiger partial charge in [0.1, 0.15) is 0 Å². The minimum Gasteiger partial charge on any atom is -0.403 e. The SMILES string of the molecule is CC1(C)OB(C23CC(c4ccc(Cl)cc4)(C2)[C@@H]3C2CC2)OC1(C)C. The van der Waals surface area contributed by atoms with E-state index in [0.29, 0.717) is 5.41 Å². The van der Waals surface area contributed by atoms with E-state index in [1.54, 1.807) is 0 Å². The molecule has 0 spiro atoms. The molecule has 128 valence electrons. The molecule has 1 aliphatic heterocycles. The molecule has 0 aromatic heterocycles. The Balaban J connectivity index is 1.45. The Hall–Kier alpha value is -0.505. The largest absolute Gasteiger partial charge is 0.464 e. The van der Waals surface area contributed by atoms with Gasteiger partial charge >= 0.3 is 7.12 Å². The molecule has 4 saturated carbocycles. The second kappa shape index (κ2) is 4.42. The van der Waals surface area contributed by atoms with Crippen LogP contribution in [0.4, 0.5) is 0 Å². The summed E-state index contributed by atoms with van der Waals surface area (Å²) in [6.45, 7) is 8.66. The van der Waals surface area contributed by atoms with E-state index in [1.165, 1.54) is 31.2 Å². The molecule has 5 fully saturated rings. The van der Waals surface area contributed by atoms with E-state index in [2.05, 4.69) is 39.8 Å². The fraction of sp³-hybridized carbons (Fsp3) is 0.700. The summed E-state index contributed by atoms with van der Waals surface area (Å²) in [6.07, 6.45) is 5.17. The first kappa shape index (κ1) is 15.7. The van der Waals surface area contributed by atoms with Crippen molar-refractivity contribution in [1.29, 1.82) is 0 Å². The third-order valence-electron chi connectivity index (χ3n) is 7.74. The summed E-state index contributed by atoms with van der Waals surface area (Å²) in [4.78, 5) is 0. The maximum absolute atomic E-state index is 6.47. The monoisotopic (exact) mass is 344 g/mol. The molecule has 0 amide bonds. The molecule has 1 aromatic rings. The molecule has 1 aromatic carbocycles. The van der Waals surface area contributed by atoms with Crippen molar-refractivity contribution in [3.63, 3.8) is 0 Å². The molecule has 4 aliphatic carbocycles. The number of halogens is 1. The molecule has 1 atom stereocenters. The second-order valence-electron chi connectivity index (χ2n) is 9.65. The van der Waals surface area contributed by atoms with E-state index in [-0.39, 0.29) is 23.6 Å². The summed E-state index contributed by atoms with van der Waals surface area (Å²) in [5, 5.41) is 1.07. The van der Waals surface area contributed by atoms with Crippen molar-refractivity contribution in [2.24, 2.45) is 11.8 Å². The molecule has 2 nitrogen and oxygen atoms in total. The molecule has 6 rings (SSSR count). The third kappa shape index (κ3) is 1.77. The highest BCUT2D eigenvalue weighted by Gasteiger charge is 2.84. The second-order valence-corrected chi connectivity index (χ2v) is 10.1. The Morgan fingerprint density at radius 3 is 2.00 bits per heavy atom. The summed E-state index contributed by atoms with van der Waals surface area (Å²) >= 11 is 6.10. The molecule has 1 heterocycles. The van der Waals surface area contributed by atoms with Crippen molar-refractivity contribution >= 4 is 18.7 Å². The Kier molecular flexibility index (Phi) is 2.90. The Morgan fingerprint density at radius 2 is 1.50 bits per heavy atom. The maximum Gasteiger partial charge on any atom is 0.464 e. The smallest absolute Gasteiger partial charge is 0.403 e. The van der Waals surface area contributed by atoms with Crippen LogP contribution < -0.4 is 0 Å². The molecular weight excluding hydrogens is 318 g/mol. The van der Waals surface area contributed by atoms with Crippen molar-refractivity contribution in [2.75, 3.05) is 0 Å². The van der Waals surface area contributed by atoms with Crippen molar-refractivity contribution < 1.29 is 9.31 Å². The number of hydrogen-bond acceptors (Lipinski definition) is 2. The minimum absolute atomic E-state index is 0.0396. The molecule has 24 heavy (non-hydrogen) atoms. The van der Waals surface area contributed by atoms with Gasteiger partial charge in [0.2, 0.25) is 0 Å². The van der Waals surface area contributed by atoms with Crippen molar-refractivity contribution in [3.8, 4) is 0 Å². The predicted molar refractivity (Wildman–Crippen MR) is 97.4 cm³/mol. The van der Waals surface area contributed by atoms with E-state index < -0.39 is 0 Å². The lowest BCUT2D eigenvalue weighted by Gasteiger charge is -2.77. The molecule has 5 aliphatic rings. The van der Waals surface area contributed by atoms with Crippen LogP contribution in [-0.4, -0.2) is 18.3 Å². The van der Waals surface area contributed by atoms with Gasteiger partial charge in [-0.1, -0.05) is 23.7 Å². The summed E-state index contributed by atoms with van der Waals surface area (Å²) < 4.78 is 12.9. The first-order valence-corrected chi connectivity index (χ1v) is 9.70. The van der Waals surface area contributed by atoms with Gasteiger partial charge in [-0.05, 0) is 88.3 Å². The van der Waals surface area contributed by atoms with Gasteiger partial charge in [-0.3, -0.25) is 0 Å². The topological polar surface area (TPSA) is 18.5 Å². The lowest BCUT2D eigenvalue weighted by atomic mass is 9.17. The first-order valence-electron chi connectivity index (χ1n) is 9.32. The van der Waals surface area contributed by atoms with E-state index in [0.717, 1.165) is 16.9 Å². The van der Waals surface area contributed by atoms with Gasteiger partial charge in [-0.2, -0.15) is 0 Å². The quantitative estimate of drug-likeness (QED) is 0.698. The van der Waals surface area contributed by atoms with Crippen LogP contribution in [0.25, 0.3) is 0 Å². The molecule has 2 bridgehead atoms. The third-order valence-corrected chi connectivity index (χ3v) is 7.99. The van der Waals surface area contributed by atoms with Gasteiger partial charge in [0.05, 0.1) is 11.2 Å². The van der Waals surface area contributed by atoms with Crippen LogP contribution in [0.1, 0.15) is 58.9 Å². The molecule has 0 radical (unpaired) electrons. The highest BCUT2D eigenvalue weighted by Crippen LogP contribution is 2.87. The van der Waals surface area contributed by atoms with Gasteiger partial charge in [0.25, 0.3) is 0 Å². The summed E-state index contributed by atoms with van der Waals surface area (Å²) in [6, 6.07) is 8.57. The normalized spacial score (nSPS) is 41.7. The van der Waals surface area contributed by atoms with Gasteiger partial charge in [0.15, 0.2) is 0 Å². The van der Waals surface area contributed by atoms with E-state index in [1.807, 2.05) is 12.1 Å². The Bertz CT molecular complexity index is 670. The van der Waals surface area contributed by atoms with Crippen LogP contribution >= 0.6 is 11.6 Å². The summed E-state index contributed by atoms with van der Waals surface area (Å²) in [5.74, 6) is 1.59. The molecule has 1 saturated heterocycles. The van der Waals surface area contributed by atoms with Crippen LogP contribution in [0.5, 0.6) is 0 Å². The number of benzene rings is 1. The Morgan fingerprint density at radius 1 is 0.958 bits per heavy atom. The average Bonchev–Trinajstić information content (AvgIpc) is 3.17. The fourth-order valence-corrected chi connectivity index (χ4v) is 5.88. The summed E-state index contributed by atoms with van der Waals surface area (Å²) in [7, 11) is -0.0396. The van der Waals surface area contributed by atoms with Crippen LogP contribution in [0, 0.1) is 11.8 Å². The maximum atomic E-state index is 6.47. The van der Waals surface area contributed by atoms with E-state index >= 15 is 0 Å². The molecule has 0 unspecified atom stereocenters. The highest BCUT2D eigenvalue weighted by atomic mass is 35.5. The van der Waals surface area contributed by atoms with Gasteiger partial charge in [-0.15, -0.1) is 0 Å². The number of hydrogen-bond donors (Lipinski definition) is 0. The van der Waals surface area contributed by atoms with E-state index in [9.17, 15) is 0 Å². The summed E-state index contributed by atoms with van der Waals surface area (Å²) in [5.41, 5.74) is 1.38. The van der Waals surface area contributed by atoms with Crippen LogP contribution in [0.15, 0.2) is 24.3 Å².